The van der Waals surface area contributed by atoms with Gasteiger partial charge in [-0.25, -0.2) is 4.98 Å². The van der Waals surface area contributed by atoms with E-state index in [1.54, 1.807) is 14.1 Å². The summed E-state index contributed by atoms with van der Waals surface area (Å²) >= 11 is 0. The number of hydrogen-bond donors (Lipinski definition) is 1. The summed E-state index contributed by atoms with van der Waals surface area (Å²) in [7, 11) is 3.08. The van der Waals surface area contributed by atoms with Crippen molar-refractivity contribution in [3.63, 3.8) is 0 Å². The Morgan fingerprint density at radius 1 is 1.19 bits per heavy atom. The maximum atomic E-state index is 13.0. The van der Waals surface area contributed by atoms with Gasteiger partial charge in [0, 0.05) is 39.8 Å². The minimum Gasteiger partial charge on any atom is -0.363 e. The zero-order chi connectivity index (χ0) is 20.4. The maximum Gasteiger partial charge on any atom is 0.471 e. The van der Waals surface area contributed by atoms with Crippen LogP contribution in [-0.4, -0.2) is 60.7 Å². The van der Waals surface area contributed by atoms with Crippen LogP contribution in [0.4, 0.5) is 38.1 Å². The molecule has 1 aromatic heterocycles. The van der Waals surface area contributed by atoms with Crippen LogP contribution >= 0.6 is 0 Å². The molecule has 2 heterocycles. The Labute approximate surface area is 151 Å². The Kier molecular flexibility index (Phi) is 6.05. The molecule has 0 bridgehead atoms. The van der Waals surface area contributed by atoms with Crippen molar-refractivity contribution in [2.45, 2.75) is 25.2 Å². The Hall–Kier alpha value is -2.27. The highest BCUT2D eigenvalue weighted by molar-refractivity contribution is 5.81. The molecule has 1 aliphatic heterocycles. The van der Waals surface area contributed by atoms with Gasteiger partial charge >= 0.3 is 18.3 Å². The number of anilines is 2. The number of aromatic nitrogens is 2. The van der Waals surface area contributed by atoms with Gasteiger partial charge in [0.1, 0.15) is 5.82 Å². The summed E-state index contributed by atoms with van der Waals surface area (Å²) in [5.74, 6) is -2.11. The molecular weight excluding hydrogens is 380 g/mol. The maximum absolute atomic E-state index is 13.0. The quantitative estimate of drug-likeness (QED) is 0.789. The molecule has 27 heavy (non-hydrogen) atoms. The van der Waals surface area contributed by atoms with E-state index in [2.05, 4.69) is 15.3 Å². The molecule has 1 amide bonds. The van der Waals surface area contributed by atoms with Gasteiger partial charge < -0.3 is 15.1 Å². The van der Waals surface area contributed by atoms with Crippen LogP contribution in [0, 0.1) is 5.92 Å². The Bertz CT molecular complexity index is 668. The van der Waals surface area contributed by atoms with E-state index in [0.717, 1.165) is 11.0 Å². The van der Waals surface area contributed by atoms with Crippen molar-refractivity contribution in [1.29, 1.82) is 0 Å². The molecule has 0 unspecified atom stereocenters. The van der Waals surface area contributed by atoms with Crippen LogP contribution in [-0.2, 0) is 11.0 Å². The molecule has 6 nitrogen and oxygen atoms in total. The average molecular weight is 399 g/mol. The zero-order valence-corrected chi connectivity index (χ0v) is 14.7. The topological polar surface area (TPSA) is 61.4 Å². The van der Waals surface area contributed by atoms with Gasteiger partial charge in [0.15, 0.2) is 5.69 Å². The standard InChI is InChI=1S/C15H19F6N5O/c1-25(2)11-7-10(14(16,17)18)23-13(24-11)22-8-9-3-5-26(6-4-9)12(27)15(19,20)21/h7,9H,3-6,8H2,1-2H3,(H,22,23,24). The highest BCUT2D eigenvalue weighted by atomic mass is 19.4. The number of alkyl halides is 6. The minimum atomic E-state index is -4.90. The van der Waals surface area contributed by atoms with Crippen molar-refractivity contribution in [3.05, 3.63) is 11.8 Å². The van der Waals surface area contributed by atoms with E-state index in [1.807, 2.05) is 0 Å². The first-order chi connectivity index (χ1) is 12.4. The first kappa shape index (κ1) is 21.0. The number of likely N-dealkylation sites (tertiary alicyclic amines) is 1. The van der Waals surface area contributed by atoms with Crippen molar-refractivity contribution in [2.75, 3.05) is 43.9 Å². The van der Waals surface area contributed by atoms with Crippen molar-refractivity contribution < 1.29 is 31.1 Å². The number of rotatable bonds is 4. The van der Waals surface area contributed by atoms with Crippen LogP contribution in [0.5, 0.6) is 0 Å². The Balaban J connectivity index is 1.98. The Morgan fingerprint density at radius 2 is 1.78 bits per heavy atom. The molecule has 1 N–H and O–H groups in total. The van der Waals surface area contributed by atoms with E-state index in [0.29, 0.717) is 12.8 Å². The number of amides is 1. The van der Waals surface area contributed by atoms with Gasteiger partial charge in [-0.2, -0.15) is 31.3 Å². The monoisotopic (exact) mass is 399 g/mol. The second kappa shape index (κ2) is 7.77. The fourth-order valence-electron chi connectivity index (χ4n) is 2.64. The fourth-order valence-corrected chi connectivity index (χ4v) is 2.64. The van der Waals surface area contributed by atoms with Gasteiger partial charge in [-0.05, 0) is 18.8 Å². The van der Waals surface area contributed by atoms with Crippen LogP contribution in [0.25, 0.3) is 0 Å². The molecule has 0 spiro atoms. The van der Waals surface area contributed by atoms with Crippen molar-refractivity contribution >= 4 is 17.7 Å². The number of carbonyl (C=O) groups excluding carboxylic acids is 1. The SMILES string of the molecule is CN(C)c1cc(C(F)(F)F)nc(NCC2CCN(C(=O)C(F)(F)F)CC2)n1. The van der Waals surface area contributed by atoms with Gasteiger partial charge in [-0.1, -0.05) is 0 Å². The van der Waals surface area contributed by atoms with E-state index >= 15 is 0 Å². The van der Waals surface area contributed by atoms with Crippen molar-refractivity contribution in [1.82, 2.24) is 14.9 Å². The summed E-state index contributed by atoms with van der Waals surface area (Å²) in [6, 6.07) is 0.826. The lowest BCUT2D eigenvalue weighted by atomic mass is 9.97. The number of nitrogens with zero attached hydrogens (tertiary/aromatic N) is 4. The smallest absolute Gasteiger partial charge is 0.363 e. The van der Waals surface area contributed by atoms with Crippen LogP contribution in [0.3, 0.4) is 0 Å². The van der Waals surface area contributed by atoms with E-state index in [4.69, 9.17) is 0 Å². The number of carbonyl (C=O) groups is 1. The normalized spacial score (nSPS) is 16.4. The largest absolute Gasteiger partial charge is 0.471 e. The number of piperidine rings is 1. The summed E-state index contributed by atoms with van der Waals surface area (Å²) in [5, 5.41) is 2.72. The summed E-state index contributed by atoms with van der Waals surface area (Å²) in [6.45, 7) is 0.0798. The third-order valence-electron chi connectivity index (χ3n) is 4.15. The highest BCUT2D eigenvalue weighted by Crippen LogP contribution is 2.30. The summed E-state index contributed by atoms with van der Waals surface area (Å²) in [4.78, 5) is 20.8. The molecule has 1 saturated heterocycles. The van der Waals surface area contributed by atoms with Gasteiger partial charge in [0.25, 0.3) is 0 Å². The molecule has 0 aromatic carbocycles. The number of nitrogens with one attached hydrogen (secondary N) is 1. The second-order valence-corrected chi connectivity index (χ2v) is 6.44. The molecule has 0 atom stereocenters. The molecule has 2 rings (SSSR count). The summed E-state index contributed by atoms with van der Waals surface area (Å²) in [6.07, 6.45) is -8.93. The molecule has 0 radical (unpaired) electrons. The van der Waals surface area contributed by atoms with Crippen molar-refractivity contribution in [2.24, 2.45) is 5.92 Å². The first-order valence-corrected chi connectivity index (χ1v) is 8.11. The second-order valence-electron chi connectivity index (χ2n) is 6.44. The van der Waals surface area contributed by atoms with E-state index in [-0.39, 0.29) is 37.3 Å². The van der Waals surface area contributed by atoms with Gasteiger partial charge in [-0.3, -0.25) is 4.79 Å². The lowest BCUT2D eigenvalue weighted by Crippen LogP contribution is -2.46. The van der Waals surface area contributed by atoms with Gasteiger partial charge in [-0.15, -0.1) is 0 Å². The molecule has 1 fully saturated rings. The molecule has 152 valence electrons. The molecule has 1 aromatic rings. The lowest BCUT2D eigenvalue weighted by Gasteiger charge is -2.32. The lowest BCUT2D eigenvalue weighted by molar-refractivity contribution is -0.186. The summed E-state index contributed by atoms with van der Waals surface area (Å²) < 4.78 is 76.1. The third-order valence-corrected chi connectivity index (χ3v) is 4.15. The molecule has 12 heteroatoms. The number of halogens is 6. The summed E-state index contributed by atoms with van der Waals surface area (Å²) in [5.41, 5.74) is -1.09. The molecular formula is C15H19F6N5O. The Morgan fingerprint density at radius 3 is 2.26 bits per heavy atom. The predicted molar refractivity (Wildman–Crippen MR) is 85.2 cm³/mol. The van der Waals surface area contributed by atoms with E-state index in [1.165, 1.54) is 4.90 Å². The van der Waals surface area contributed by atoms with Crippen LogP contribution in [0.15, 0.2) is 6.07 Å². The van der Waals surface area contributed by atoms with Crippen LogP contribution in [0.1, 0.15) is 18.5 Å². The van der Waals surface area contributed by atoms with Gasteiger partial charge in [0.05, 0.1) is 0 Å². The molecule has 1 aliphatic rings. The van der Waals surface area contributed by atoms with Crippen molar-refractivity contribution in [3.8, 4) is 0 Å². The van der Waals surface area contributed by atoms with Crippen LogP contribution in [0.2, 0.25) is 0 Å². The van der Waals surface area contributed by atoms with Crippen LogP contribution < -0.4 is 10.2 Å². The number of hydrogen-bond acceptors (Lipinski definition) is 5. The average Bonchev–Trinajstić information content (AvgIpc) is 2.58. The third kappa shape index (κ3) is 5.60. The van der Waals surface area contributed by atoms with E-state index in [9.17, 15) is 31.1 Å². The zero-order valence-electron chi connectivity index (χ0n) is 14.7. The molecule has 0 aliphatic carbocycles. The van der Waals surface area contributed by atoms with Gasteiger partial charge in [0.2, 0.25) is 5.95 Å². The fraction of sp³-hybridized carbons (Fsp3) is 0.667. The first-order valence-electron chi connectivity index (χ1n) is 8.11. The highest BCUT2D eigenvalue weighted by Gasteiger charge is 2.43. The van der Waals surface area contributed by atoms with E-state index < -0.39 is 24.0 Å². The minimum absolute atomic E-state index is 0.0584. The predicted octanol–water partition coefficient (Wildman–Crippen LogP) is 2.77. The molecule has 0 saturated carbocycles.